The minimum atomic E-state index is -0.803. The van der Waals surface area contributed by atoms with E-state index in [0.29, 0.717) is 0 Å². The third-order valence-corrected chi connectivity index (χ3v) is 2.21. The summed E-state index contributed by atoms with van der Waals surface area (Å²) in [5.41, 5.74) is 4.69. The summed E-state index contributed by atoms with van der Waals surface area (Å²) >= 11 is 0. The molecule has 2 rings (SSSR count). The summed E-state index contributed by atoms with van der Waals surface area (Å²) in [6, 6.07) is 7.46. The molecule has 0 aromatic heterocycles. The van der Waals surface area contributed by atoms with Gasteiger partial charge in [-0.15, -0.1) is 0 Å². The highest BCUT2D eigenvalue weighted by atomic mass is 16.3. The lowest BCUT2D eigenvalue weighted by atomic mass is 10.1. The molecule has 78 valence electrons. The first kappa shape index (κ1) is 9.73. The Morgan fingerprint density at radius 1 is 1.33 bits per heavy atom. The predicted molar refractivity (Wildman–Crippen MR) is 59.8 cm³/mol. The Hall–Kier alpha value is -1.81. The summed E-state index contributed by atoms with van der Waals surface area (Å²) in [5.74, 6) is -0.0116. The van der Waals surface area contributed by atoms with Gasteiger partial charge in [0.25, 0.3) is 0 Å². The van der Waals surface area contributed by atoms with Crippen molar-refractivity contribution >= 4 is 17.5 Å². The molecule has 1 aliphatic heterocycles. The largest absolute Gasteiger partial charge is 0.506 e. The van der Waals surface area contributed by atoms with Gasteiger partial charge in [-0.05, 0) is 19.1 Å². The molecule has 15 heavy (non-hydrogen) atoms. The van der Waals surface area contributed by atoms with Gasteiger partial charge in [0.15, 0.2) is 0 Å². The quantitative estimate of drug-likeness (QED) is 0.653. The number of anilines is 1. The molecule has 0 aliphatic carbocycles. The summed E-state index contributed by atoms with van der Waals surface area (Å²) in [4.78, 5) is 0. The minimum Gasteiger partial charge on any atom is -0.506 e. The third-order valence-electron chi connectivity index (χ3n) is 2.21. The lowest BCUT2D eigenvalue weighted by molar-refractivity contribution is 0.257. The van der Waals surface area contributed by atoms with Crippen LogP contribution < -0.4 is 5.43 Å². The van der Waals surface area contributed by atoms with E-state index in [-0.39, 0.29) is 11.5 Å². The van der Waals surface area contributed by atoms with Crippen molar-refractivity contribution in [3.8, 4) is 0 Å². The number of hydrazone groups is 1. The normalized spacial score (nSPS) is 16.7. The van der Waals surface area contributed by atoms with Crippen LogP contribution in [-0.4, -0.2) is 22.0 Å². The van der Waals surface area contributed by atoms with Crippen molar-refractivity contribution in [1.82, 2.24) is 0 Å². The fourth-order valence-corrected chi connectivity index (χ4v) is 1.43. The van der Waals surface area contributed by atoms with Gasteiger partial charge in [-0.1, -0.05) is 18.2 Å². The number of nitrogens with one attached hydrogen (secondary N) is 1. The van der Waals surface area contributed by atoms with Crippen LogP contribution in [0.15, 0.2) is 35.1 Å². The first-order chi connectivity index (χ1) is 7.18. The first-order valence-corrected chi connectivity index (χ1v) is 4.70. The van der Waals surface area contributed by atoms with E-state index in [1.54, 1.807) is 13.0 Å². The van der Waals surface area contributed by atoms with Crippen LogP contribution in [0.2, 0.25) is 0 Å². The molecule has 1 aliphatic rings. The zero-order valence-corrected chi connectivity index (χ0v) is 8.31. The SMILES string of the molecule is CC(O)C1=NNc2ccccc2C=C1O. The van der Waals surface area contributed by atoms with Crippen LogP contribution in [0.1, 0.15) is 12.5 Å². The van der Waals surface area contributed by atoms with Crippen molar-refractivity contribution in [1.29, 1.82) is 0 Å². The van der Waals surface area contributed by atoms with Gasteiger partial charge in [0.1, 0.15) is 11.5 Å². The lowest BCUT2D eigenvalue weighted by Crippen LogP contribution is -2.19. The Morgan fingerprint density at radius 2 is 2.07 bits per heavy atom. The number of aliphatic hydroxyl groups is 2. The van der Waals surface area contributed by atoms with E-state index in [1.165, 1.54) is 0 Å². The zero-order chi connectivity index (χ0) is 10.8. The van der Waals surface area contributed by atoms with Crippen LogP contribution >= 0.6 is 0 Å². The summed E-state index contributed by atoms with van der Waals surface area (Å²) in [7, 11) is 0. The highest BCUT2D eigenvalue weighted by Crippen LogP contribution is 2.21. The Labute approximate surface area is 87.6 Å². The maximum absolute atomic E-state index is 9.70. The molecule has 1 unspecified atom stereocenters. The Bertz CT molecular complexity index is 436. The standard InChI is InChI=1S/C11H12N2O2/c1-7(14)11-10(15)6-8-4-2-3-5-9(8)12-13-11/h2-7,12,14-15H,1H3. The van der Waals surface area contributed by atoms with Crippen LogP contribution in [0.5, 0.6) is 0 Å². The summed E-state index contributed by atoms with van der Waals surface area (Å²) < 4.78 is 0. The lowest BCUT2D eigenvalue weighted by Gasteiger charge is -2.06. The van der Waals surface area contributed by atoms with E-state index in [4.69, 9.17) is 0 Å². The maximum Gasteiger partial charge on any atom is 0.142 e. The molecule has 0 fully saturated rings. The fourth-order valence-electron chi connectivity index (χ4n) is 1.43. The van der Waals surface area contributed by atoms with E-state index in [9.17, 15) is 10.2 Å². The topological polar surface area (TPSA) is 64.9 Å². The van der Waals surface area contributed by atoms with Gasteiger partial charge in [-0.25, -0.2) is 0 Å². The van der Waals surface area contributed by atoms with Gasteiger partial charge in [0.05, 0.1) is 11.8 Å². The average molecular weight is 204 g/mol. The van der Waals surface area contributed by atoms with Crippen LogP contribution in [0.25, 0.3) is 6.08 Å². The van der Waals surface area contributed by atoms with E-state index >= 15 is 0 Å². The van der Waals surface area contributed by atoms with Gasteiger partial charge >= 0.3 is 0 Å². The van der Waals surface area contributed by atoms with Crippen LogP contribution in [-0.2, 0) is 0 Å². The van der Waals surface area contributed by atoms with Crippen LogP contribution in [0.4, 0.5) is 5.69 Å². The van der Waals surface area contributed by atoms with E-state index in [0.717, 1.165) is 11.3 Å². The summed E-state index contributed by atoms with van der Waals surface area (Å²) in [6.45, 7) is 1.56. The van der Waals surface area contributed by atoms with Crippen molar-refractivity contribution in [2.75, 3.05) is 5.43 Å². The monoisotopic (exact) mass is 204 g/mol. The second-order valence-corrected chi connectivity index (χ2v) is 3.40. The highest BCUT2D eigenvalue weighted by Gasteiger charge is 2.15. The number of para-hydroxylation sites is 1. The van der Waals surface area contributed by atoms with Gasteiger partial charge < -0.3 is 10.2 Å². The van der Waals surface area contributed by atoms with E-state index in [1.807, 2.05) is 24.3 Å². The van der Waals surface area contributed by atoms with Gasteiger partial charge in [0.2, 0.25) is 0 Å². The predicted octanol–water partition coefficient (Wildman–Crippen LogP) is 1.75. The number of benzene rings is 1. The molecular formula is C11H12N2O2. The third kappa shape index (κ3) is 1.85. The van der Waals surface area contributed by atoms with Gasteiger partial charge in [-0.2, -0.15) is 5.10 Å². The number of aliphatic hydroxyl groups excluding tert-OH is 2. The molecule has 0 saturated carbocycles. The van der Waals surface area contributed by atoms with E-state index in [2.05, 4.69) is 10.5 Å². The number of fused-ring (bicyclic) bond motifs is 1. The summed E-state index contributed by atoms with van der Waals surface area (Å²) in [6.07, 6.45) is 0.781. The molecule has 4 nitrogen and oxygen atoms in total. The molecule has 0 bridgehead atoms. The molecule has 1 atom stereocenters. The number of hydrogen-bond donors (Lipinski definition) is 3. The smallest absolute Gasteiger partial charge is 0.142 e. The minimum absolute atomic E-state index is 0.0116. The molecule has 3 N–H and O–H groups in total. The number of hydrogen-bond acceptors (Lipinski definition) is 4. The Kier molecular flexibility index (Phi) is 2.43. The highest BCUT2D eigenvalue weighted by molar-refractivity contribution is 6.06. The molecule has 0 saturated heterocycles. The molecule has 1 heterocycles. The molecule has 4 heteroatoms. The fraction of sp³-hybridized carbons (Fsp3) is 0.182. The molecule has 0 amide bonds. The van der Waals surface area contributed by atoms with Crippen molar-refractivity contribution in [3.05, 3.63) is 35.6 Å². The second-order valence-electron chi connectivity index (χ2n) is 3.40. The maximum atomic E-state index is 9.70. The van der Waals surface area contributed by atoms with Gasteiger partial charge in [-0.3, -0.25) is 5.43 Å². The Balaban J connectivity index is 2.46. The zero-order valence-electron chi connectivity index (χ0n) is 8.31. The Morgan fingerprint density at radius 3 is 2.80 bits per heavy atom. The first-order valence-electron chi connectivity index (χ1n) is 4.70. The van der Waals surface area contributed by atoms with Crippen LogP contribution in [0, 0.1) is 0 Å². The molecule has 0 radical (unpaired) electrons. The number of rotatable bonds is 1. The molecule has 0 spiro atoms. The van der Waals surface area contributed by atoms with Crippen molar-refractivity contribution in [2.24, 2.45) is 5.10 Å². The summed E-state index contributed by atoms with van der Waals surface area (Å²) in [5, 5.41) is 23.0. The van der Waals surface area contributed by atoms with E-state index < -0.39 is 6.10 Å². The molecule has 1 aromatic rings. The average Bonchev–Trinajstić information content (AvgIpc) is 2.35. The molecular weight excluding hydrogens is 192 g/mol. The second kappa shape index (κ2) is 3.74. The van der Waals surface area contributed by atoms with Gasteiger partial charge in [0, 0.05) is 5.56 Å². The van der Waals surface area contributed by atoms with Crippen LogP contribution in [0.3, 0.4) is 0 Å². The molecule has 1 aromatic carbocycles. The van der Waals surface area contributed by atoms with Crippen molar-refractivity contribution in [2.45, 2.75) is 13.0 Å². The van der Waals surface area contributed by atoms with Crippen molar-refractivity contribution < 1.29 is 10.2 Å². The van der Waals surface area contributed by atoms with Crippen molar-refractivity contribution in [3.63, 3.8) is 0 Å². The number of nitrogens with zero attached hydrogens (tertiary/aromatic N) is 1.